The molecule has 334 valence electrons. The number of piperazine rings is 1. The summed E-state index contributed by atoms with van der Waals surface area (Å²) in [6.45, 7) is 14.7. The Morgan fingerprint density at radius 3 is 2.22 bits per heavy atom. The van der Waals surface area contributed by atoms with E-state index in [0.717, 1.165) is 61.7 Å². The topological polar surface area (TPSA) is 162 Å². The summed E-state index contributed by atoms with van der Waals surface area (Å²) < 4.78 is 48.0. The SMILES string of the molecule is Cc1nc2c(F)cc(-c3nc(Nc4ccc(CN5CCC(CN6CC(C)N(c7cc8c(cc7F)C(=O)N(C7CCC(=O)NC7=O)C8=O)C(C)C6)CC5)cn4)ncc3F)cc2n1C(C)C. The van der Waals surface area contributed by atoms with Crippen molar-refractivity contribution >= 4 is 52.1 Å². The van der Waals surface area contributed by atoms with Gasteiger partial charge in [-0.25, -0.2) is 33.1 Å². The molecule has 2 aromatic carbocycles. The van der Waals surface area contributed by atoms with E-state index >= 15 is 13.2 Å². The molecule has 0 spiro atoms. The van der Waals surface area contributed by atoms with Crippen molar-refractivity contribution in [1.82, 2.24) is 44.5 Å². The second-order valence-corrected chi connectivity index (χ2v) is 17.9. The van der Waals surface area contributed by atoms with E-state index in [1.165, 1.54) is 12.1 Å². The number of imide groups is 2. The van der Waals surface area contributed by atoms with E-state index in [-0.39, 0.29) is 70.5 Å². The van der Waals surface area contributed by atoms with Gasteiger partial charge in [-0.3, -0.25) is 39.2 Å². The first-order valence-electron chi connectivity index (χ1n) is 21.8. The van der Waals surface area contributed by atoms with Gasteiger partial charge in [0.25, 0.3) is 11.8 Å². The van der Waals surface area contributed by atoms with Crippen LogP contribution in [0.5, 0.6) is 0 Å². The maximum atomic E-state index is 15.8. The molecule has 7 heterocycles. The van der Waals surface area contributed by atoms with Crippen molar-refractivity contribution in [1.29, 1.82) is 0 Å². The van der Waals surface area contributed by atoms with Crippen LogP contribution in [0.4, 0.5) is 30.6 Å². The number of imidazole rings is 1. The predicted molar refractivity (Wildman–Crippen MR) is 232 cm³/mol. The summed E-state index contributed by atoms with van der Waals surface area (Å²) in [7, 11) is 0. The third kappa shape index (κ3) is 8.08. The molecule has 3 atom stereocenters. The Bertz CT molecular complexity index is 2670. The van der Waals surface area contributed by atoms with Crippen LogP contribution in [-0.2, 0) is 16.1 Å². The predicted octanol–water partition coefficient (Wildman–Crippen LogP) is 6.15. The van der Waals surface area contributed by atoms with Crippen LogP contribution in [0.1, 0.15) is 91.5 Å². The maximum absolute atomic E-state index is 15.8. The molecule has 5 aromatic rings. The average Bonchev–Trinajstić information content (AvgIpc) is 3.71. The number of hydrogen-bond acceptors (Lipinski definition) is 12. The summed E-state index contributed by atoms with van der Waals surface area (Å²) in [4.78, 5) is 76.0. The molecule has 15 nitrogen and oxygen atoms in total. The molecule has 9 rings (SSSR count). The molecule has 3 aromatic heterocycles. The number of piperidine rings is 2. The number of carbonyl (C=O) groups excluding carboxylic acids is 4. The van der Waals surface area contributed by atoms with Crippen LogP contribution < -0.4 is 15.5 Å². The van der Waals surface area contributed by atoms with Crippen LogP contribution in [-0.4, -0.2) is 114 Å². The molecule has 3 fully saturated rings. The van der Waals surface area contributed by atoms with Gasteiger partial charge < -0.3 is 14.8 Å². The van der Waals surface area contributed by atoms with Crippen LogP contribution in [0.3, 0.4) is 0 Å². The van der Waals surface area contributed by atoms with Gasteiger partial charge in [-0.15, -0.1) is 0 Å². The number of pyridine rings is 1. The third-order valence-corrected chi connectivity index (χ3v) is 12.9. The Morgan fingerprint density at radius 1 is 0.828 bits per heavy atom. The standard InChI is InChI=1S/C46H50F3N11O4/c1-24(2)58-27(5)52-42-34(48)14-30(15-38(42)58)41-35(49)19-51-46(55-41)53-39-8-6-29(18-50-39)23-56-12-10-28(11-13-56)22-57-20-25(3)59(26(4)21-57)37-17-32-31(16-33(37)47)44(63)60(45(32)64)36-7-9-40(61)54-43(36)62/h6,8,14-19,24-26,28,36H,7,9-13,20-23H2,1-5H3,(H,54,61,62)(H,50,51,53,55). The number of rotatable bonds is 10. The Morgan fingerprint density at radius 2 is 1.55 bits per heavy atom. The Kier molecular flexibility index (Phi) is 11.4. The van der Waals surface area contributed by atoms with Crippen LogP contribution in [0, 0.1) is 30.3 Å². The average molecular weight is 878 g/mol. The molecule has 2 N–H and O–H groups in total. The van der Waals surface area contributed by atoms with Crippen LogP contribution in [0.15, 0.2) is 48.8 Å². The second kappa shape index (κ2) is 17.0. The fourth-order valence-electron chi connectivity index (χ4n) is 10.1. The summed E-state index contributed by atoms with van der Waals surface area (Å²) >= 11 is 0. The van der Waals surface area contributed by atoms with Crippen molar-refractivity contribution in [3.63, 3.8) is 0 Å². The minimum atomic E-state index is -1.12. The first-order valence-corrected chi connectivity index (χ1v) is 21.8. The third-order valence-electron chi connectivity index (χ3n) is 12.9. The second-order valence-electron chi connectivity index (χ2n) is 17.9. The molecule has 64 heavy (non-hydrogen) atoms. The lowest BCUT2D eigenvalue weighted by Crippen LogP contribution is -2.58. The Hall–Kier alpha value is -6.27. The lowest BCUT2D eigenvalue weighted by Gasteiger charge is -2.47. The molecule has 0 radical (unpaired) electrons. The van der Waals surface area contributed by atoms with Gasteiger partial charge in [0.1, 0.15) is 34.7 Å². The monoisotopic (exact) mass is 877 g/mol. The molecule has 3 unspecified atom stereocenters. The first-order chi connectivity index (χ1) is 30.6. The summed E-state index contributed by atoms with van der Waals surface area (Å²) in [5.41, 5.74) is 2.31. The zero-order valence-corrected chi connectivity index (χ0v) is 36.4. The summed E-state index contributed by atoms with van der Waals surface area (Å²) in [6.07, 6.45) is 4.94. The van der Waals surface area contributed by atoms with E-state index in [0.29, 0.717) is 36.2 Å². The highest BCUT2D eigenvalue weighted by Crippen LogP contribution is 2.36. The van der Waals surface area contributed by atoms with Gasteiger partial charge >= 0.3 is 0 Å². The van der Waals surface area contributed by atoms with Crippen molar-refractivity contribution in [2.45, 2.75) is 91.0 Å². The largest absolute Gasteiger partial charge is 0.361 e. The summed E-state index contributed by atoms with van der Waals surface area (Å²) in [5.74, 6) is -2.62. The van der Waals surface area contributed by atoms with E-state index in [1.807, 2.05) is 56.2 Å². The maximum Gasteiger partial charge on any atom is 0.262 e. The lowest BCUT2D eigenvalue weighted by atomic mass is 9.94. The van der Waals surface area contributed by atoms with E-state index < -0.39 is 47.1 Å². The highest BCUT2D eigenvalue weighted by molar-refractivity contribution is 6.23. The van der Waals surface area contributed by atoms with Gasteiger partial charge in [-0.1, -0.05) is 6.07 Å². The van der Waals surface area contributed by atoms with Crippen molar-refractivity contribution in [2.75, 3.05) is 42.9 Å². The highest BCUT2D eigenvalue weighted by Gasteiger charge is 2.46. The molecule has 0 saturated carbocycles. The van der Waals surface area contributed by atoms with Gasteiger partial charge in [-0.05, 0) is 109 Å². The number of benzene rings is 2. The number of anilines is 3. The first kappa shape index (κ1) is 43.0. The number of amides is 4. The number of likely N-dealkylation sites (tertiary alicyclic amines) is 1. The number of nitrogens with one attached hydrogen (secondary N) is 2. The Labute approximate surface area is 368 Å². The lowest BCUT2D eigenvalue weighted by molar-refractivity contribution is -0.136. The summed E-state index contributed by atoms with van der Waals surface area (Å²) in [6, 6.07) is 8.05. The number of aromatic nitrogens is 5. The van der Waals surface area contributed by atoms with Crippen molar-refractivity contribution in [3.8, 4) is 11.3 Å². The molecular weight excluding hydrogens is 828 g/mol. The van der Waals surface area contributed by atoms with Crippen LogP contribution in [0.25, 0.3) is 22.3 Å². The number of halogens is 3. The van der Waals surface area contributed by atoms with E-state index in [1.54, 1.807) is 12.3 Å². The van der Waals surface area contributed by atoms with Crippen molar-refractivity contribution in [2.24, 2.45) is 5.92 Å². The number of aryl methyl sites for hydroxylation is 1. The number of fused-ring (bicyclic) bond motifs is 2. The van der Waals surface area contributed by atoms with Gasteiger partial charge in [0.15, 0.2) is 11.6 Å². The zero-order valence-electron chi connectivity index (χ0n) is 36.4. The van der Waals surface area contributed by atoms with Gasteiger partial charge in [0.2, 0.25) is 17.8 Å². The van der Waals surface area contributed by atoms with E-state index in [4.69, 9.17) is 0 Å². The molecule has 4 aliphatic heterocycles. The normalized spacial score (nSPS) is 21.4. The van der Waals surface area contributed by atoms with Crippen LogP contribution >= 0.6 is 0 Å². The van der Waals surface area contributed by atoms with E-state index in [9.17, 15) is 19.2 Å². The number of hydrogen-bond donors (Lipinski definition) is 2. The minimum Gasteiger partial charge on any atom is -0.361 e. The zero-order chi connectivity index (χ0) is 45.1. The van der Waals surface area contributed by atoms with Gasteiger partial charge in [0.05, 0.1) is 28.5 Å². The molecule has 3 saturated heterocycles. The molecular formula is C46H50F3N11O4. The minimum absolute atomic E-state index is 0.00628. The fourth-order valence-corrected chi connectivity index (χ4v) is 10.1. The smallest absolute Gasteiger partial charge is 0.262 e. The fraction of sp³-hybridized carbons (Fsp3) is 0.435. The quantitative estimate of drug-likeness (QED) is 0.154. The molecule has 0 aliphatic carbocycles. The van der Waals surface area contributed by atoms with Gasteiger partial charge in [0, 0.05) is 62.5 Å². The number of carbonyl (C=O) groups is 4. The molecule has 4 amide bonds. The van der Waals surface area contributed by atoms with Crippen molar-refractivity contribution < 1.29 is 32.3 Å². The van der Waals surface area contributed by atoms with Gasteiger partial charge in [-0.2, -0.15) is 0 Å². The molecule has 0 bridgehead atoms. The molecule has 4 aliphatic rings. The Balaban J connectivity index is 0.774. The van der Waals surface area contributed by atoms with Crippen molar-refractivity contribution in [3.05, 3.63) is 88.8 Å². The highest BCUT2D eigenvalue weighted by atomic mass is 19.1. The van der Waals surface area contributed by atoms with Crippen LogP contribution in [0.2, 0.25) is 0 Å². The summed E-state index contributed by atoms with van der Waals surface area (Å²) in [5, 5.41) is 5.24. The number of nitrogens with zero attached hydrogens (tertiary/aromatic N) is 9. The van der Waals surface area contributed by atoms with E-state index in [2.05, 4.69) is 40.4 Å². The molecule has 18 heteroatoms.